The first-order valence-electron chi connectivity index (χ1n) is 8.01. The van der Waals surface area contributed by atoms with Crippen molar-refractivity contribution < 1.29 is 22.7 Å². The second kappa shape index (κ2) is 7.60. The molecular weight excluding hydrogens is 452 g/mol. The van der Waals surface area contributed by atoms with E-state index in [1.54, 1.807) is 0 Å². The molecule has 0 N–H and O–H groups in total. The normalized spacial score (nSPS) is 23.2. The van der Waals surface area contributed by atoms with E-state index in [2.05, 4.69) is 32.6 Å². The summed E-state index contributed by atoms with van der Waals surface area (Å²) in [4.78, 5) is 23.9. The van der Waals surface area contributed by atoms with E-state index in [9.17, 15) is 18.0 Å². The molecule has 0 saturated carbocycles. The zero-order valence-electron chi connectivity index (χ0n) is 13.4. The predicted molar refractivity (Wildman–Crippen MR) is 92.4 cm³/mol. The molecule has 138 valence electrons. The van der Waals surface area contributed by atoms with Gasteiger partial charge in [-0.25, -0.2) is 9.97 Å². The van der Waals surface area contributed by atoms with Crippen LogP contribution < -0.4 is 4.90 Å². The Bertz CT molecular complexity index is 614. The van der Waals surface area contributed by atoms with Crippen molar-refractivity contribution in [3.63, 3.8) is 0 Å². The van der Waals surface area contributed by atoms with Crippen LogP contribution in [0.1, 0.15) is 24.8 Å². The van der Waals surface area contributed by atoms with Gasteiger partial charge in [-0.05, 0) is 12.8 Å². The number of hydrogen-bond acceptors (Lipinski definition) is 5. The molecule has 25 heavy (non-hydrogen) atoms. The monoisotopic (exact) mass is 470 g/mol. The molecule has 1 aromatic rings. The number of fused-ring (bicyclic) bond motifs is 1. The average Bonchev–Trinajstić information content (AvgIpc) is 3.16. The van der Waals surface area contributed by atoms with E-state index in [1.165, 1.54) is 0 Å². The number of nitrogens with zero attached hydrogens (tertiary/aromatic N) is 4. The van der Waals surface area contributed by atoms with E-state index in [1.807, 2.05) is 9.80 Å². The molecule has 3 heterocycles. The number of anilines is 1. The van der Waals surface area contributed by atoms with Crippen LogP contribution in [0.2, 0.25) is 0 Å². The van der Waals surface area contributed by atoms with Crippen molar-refractivity contribution in [2.75, 3.05) is 29.2 Å². The van der Waals surface area contributed by atoms with Gasteiger partial charge >= 0.3 is 6.18 Å². The minimum atomic E-state index is -4.44. The number of aromatic nitrogens is 2. The third-order valence-corrected chi connectivity index (χ3v) is 5.10. The van der Waals surface area contributed by atoms with Gasteiger partial charge in [0.25, 0.3) is 0 Å². The molecule has 2 aliphatic rings. The van der Waals surface area contributed by atoms with E-state index >= 15 is 0 Å². The number of rotatable bonds is 5. The Kier molecular flexibility index (Phi) is 5.66. The van der Waals surface area contributed by atoms with Crippen LogP contribution >= 0.6 is 22.6 Å². The van der Waals surface area contributed by atoms with Gasteiger partial charge in [-0.3, -0.25) is 4.79 Å². The fourth-order valence-corrected chi connectivity index (χ4v) is 3.83. The minimum Gasteiger partial charge on any atom is -0.371 e. The van der Waals surface area contributed by atoms with Gasteiger partial charge in [0, 0.05) is 25.5 Å². The summed E-state index contributed by atoms with van der Waals surface area (Å²) in [6.45, 7) is 1.69. The average molecular weight is 470 g/mol. The molecule has 6 nitrogen and oxygen atoms in total. The Morgan fingerprint density at radius 3 is 2.56 bits per heavy atom. The highest BCUT2D eigenvalue weighted by atomic mass is 127. The van der Waals surface area contributed by atoms with Gasteiger partial charge in [-0.15, -0.1) is 0 Å². The van der Waals surface area contributed by atoms with E-state index in [0.29, 0.717) is 36.7 Å². The first-order valence-corrected chi connectivity index (χ1v) is 9.53. The van der Waals surface area contributed by atoms with Gasteiger partial charge < -0.3 is 14.5 Å². The molecule has 3 rings (SSSR count). The van der Waals surface area contributed by atoms with E-state index in [-0.39, 0.29) is 18.0 Å². The number of amides is 1. The molecule has 1 aromatic heterocycles. The molecule has 0 radical (unpaired) electrons. The lowest BCUT2D eigenvalue weighted by Gasteiger charge is -2.25. The van der Waals surface area contributed by atoms with Crippen LogP contribution in [0.5, 0.6) is 0 Å². The smallest absolute Gasteiger partial charge is 0.371 e. The summed E-state index contributed by atoms with van der Waals surface area (Å²) in [6, 6.07) is 0.129. The Morgan fingerprint density at radius 1 is 1.24 bits per heavy atom. The Balaban J connectivity index is 1.65. The van der Waals surface area contributed by atoms with Crippen molar-refractivity contribution in [3.05, 3.63) is 18.0 Å². The van der Waals surface area contributed by atoms with Crippen LogP contribution in [0.3, 0.4) is 0 Å². The molecule has 1 amide bonds. The first kappa shape index (κ1) is 18.6. The molecule has 2 atom stereocenters. The zero-order valence-corrected chi connectivity index (χ0v) is 15.5. The Morgan fingerprint density at radius 2 is 1.92 bits per heavy atom. The Hall–Kier alpha value is -1.17. The van der Waals surface area contributed by atoms with Gasteiger partial charge in [-0.1, -0.05) is 22.6 Å². The second-order valence-corrected chi connectivity index (χ2v) is 6.65. The fraction of sp³-hybridized carbons (Fsp3) is 0.667. The molecule has 2 fully saturated rings. The van der Waals surface area contributed by atoms with E-state index in [4.69, 9.17) is 4.74 Å². The molecular formula is C15H18F3IN4O2. The van der Waals surface area contributed by atoms with Crippen LogP contribution in [0.15, 0.2) is 12.4 Å². The van der Waals surface area contributed by atoms with Crippen molar-refractivity contribution in [2.24, 2.45) is 0 Å². The number of likely N-dealkylation sites (tertiary alicyclic amines) is 1. The number of ether oxygens (including phenoxy) is 1. The summed E-state index contributed by atoms with van der Waals surface area (Å²) in [5, 5.41) is 0. The van der Waals surface area contributed by atoms with Crippen LogP contribution in [0.25, 0.3) is 0 Å². The quantitative estimate of drug-likeness (QED) is 0.376. The van der Waals surface area contributed by atoms with Crippen LogP contribution in [-0.4, -0.2) is 57.2 Å². The third kappa shape index (κ3) is 3.99. The maximum absolute atomic E-state index is 12.6. The third-order valence-electron chi connectivity index (χ3n) is 4.66. The number of alkyl halides is 4. The molecule has 10 heteroatoms. The molecule has 2 aliphatic heterocycles. The number of hydrogen-bond donors (Lipinski definition) is 0. The largest absolute Gasteiger partial charge is 0.419 e. The summed E-state index contributed by atoms with van der Waals surface area (Å²) in [5.74, 6) is 0.357. The second-order valence-electron chi connectivity index (χ2n) is 6.03. The van der Waals surface area contributed by atoms with Crippen molar-refractivity contribution in [1.82, 2.24) is 14.9 Å². The summed E-state index contributed by atoms with van der Waals surface area (Å²) in [7, 11) is 0. The highest BCUT2D eigenvalue weighted by Gasteiger charge is 2.45. The van der Waals surface area contributed by atoms with Gasteiger partial charge in [0.15, 0.2) is 0 Å². The number of carbonyl (C=O) groups is 1. The maximum Gasteiger partial charge on any atom is 0.419 e. The van der Waals surface area contributed by atoms with Crippen molar-refractivity contribution >= 4 is 34.4 Å². The Labute approximate surface area is 156 Å². The van der Waals surface area contributed by atoms with Crippen molar-refractivity contribution in [1.29, 1.82) is 0 Å². The molecule has 0 spiro atoms. The van der Waals surface area contributed by atoms with Gasteiger partial charge in [0.2, 0.25) is 11.9 Å². The van der Waals surface area contributed by atoms with Crippen molar-refractivity contribution in [2.45, 2.75) is 37.5 Å². The van der Waals surface area contributed by atoms with E-state index in [0.717, 1.165) is 25.2 Å². The van der Waals surface area contributed by atoms with Gasteiger partial charge in [0.05, 0.1) is 35.3 Å². The molecule has 0 unspecified atom stereocenters. The minimum absolute atomic E-state index is 0.0613. The maximum atomic E-state index is 12.6. The molecule has 0 aliphatic carbocycles. The highest BCUT2D eigenvalue weighted by molar-refractivity contribution is 14.1. The van der Waals surface area contributed by atoms with Gasteiger partial charge in [-0.2, -0.15) is 13.2 Å². The summed E-state index contributed by atoms with van der Waals surface area (Å²) >= 11 is 2.09. The lowest BCUT2D eigenvalue weighted by Crippen LogP contribution is -2.40. The van der Waals surface area contributed by atoms with Crippen LogP contribution in [0, 0.1) is 0 Å². The van der Waals surface area contributed by atoms with Crippen molar-refractivity contribution in [3.8, 4) is 0 Å². The lowest BCUT2D eigenvalue weighted by molar-refractivity contribution is -0.138. The van der Waals surface area contributed by atoms with Gasteiger partial charge in [0.1, 0.15) is 0 Å². The molecule has 0 aromatic carbocycles. The number of halogens is 4. The summed E-state index contributed by atoms with van der Waals surface area (Å²) < 4.78 is 43.7. The standard InChI is InChI=1S/C15H18F3IN4O2/c16-15(17,18)10-7-20-14(21-8-10)23-5-2-11-12(23)1-4-22(11)13(24)3-6-25-9-19/h7-8,11-12H,1-6,9H2/t11-,12-/m1/s1. The summed E-state index contributed by atoms with van der Waals surface area (Å²) in [6.07, 6.45) is -0.919. The first-order chi connectivity index (χ1) is 11.9. The predicted octanol–water partition coefficient (Wildman–Crippen LogP) is 2.47. The summed E-state index contributed by atoms with van der Waals surface area (Å²) in [5.41, 5.74) is -0.856. The molecule has 2 saturated heterocycles. The van der Waals surface area contributed by atoms with E-state index < -0.39 is 11.7 Å². The number of carbonyl (C=O) groups excluding carboxylic acids is 1. The van der Waals surface area contributed by atoms with Crippen LogP contribution in [0.4, 0.5) is 19.1 Å². The molecule has 0 bridgehead atoms. The zero-order chi connectivity index (χ0) is 18.0. The lowest BCUT2D eigenvalue weighted by atomic mass is 10.1. The SMILES string of the molecule is O=C(CCOCI)N1CC[C@@H]2[C@H]1CCN2c1ncc(C(F)(F)F)cn1. The topological polar surface area (TPSA) is 58.6 Å². The highest BCUT2D eigenvalue weighted by Crippen LogP contribution is 2.35. The fourth-order valence-electron chi connectivity index (χ4n) is 3.52. The van der Waals surface area contributed by atoms with Crippen LogP contribution in [-0.2, 0) is 15.7 Å².